The summed E-state index contributed by atoms with van der Waals surface area (Å²) < 4.78 is 13.3. The Hall–Kier alpha value is -2.49. The van der Waals surface area contributed by atoms with Crippen molar-refractivity contribution in [3.05, 3.63) is 157 Å². The summed E-state index contributed by atoms with van der Waals surface area (Å²) in [5.74, 6) is 0.159. The molecule has 0 unspecified atom stereocenters. The van der Waals surface area contributed by atoms with Crippen molar-refractivity contribution in [2.75, 3.05) is 12.3 Å². The van der Waals surface area contributed by atoms with Crippen LogP contribution in [0.15, 0.2) is 146 Å². The maximum atomic E-state index is 7.46. The minimum atomic E-state index is -1.02. The van der Waals surface area contributed by atoms with E-state index >= 15 is 0 Å². The third-order valence-electron chi connectivity index (χ3n) is 8.40. The Labute approximate surface area is 314 Å². The quantitative estimate of drug-likeness (QED) is 0.117. The molecule has 0 amide bonds. The van der Waals surface area contributed by atoms with Gasteiger partial charge in [0.1, 0.15) is 12.2 Å². The van der Waals surface area contributed by atoms with Crippen molar-refractivity contribution in [3.63, 3.8) is 0 Å². The summed E-state index contributed by atoms with van der Waals surface area (Å²) in [6.07, 6.45) is 2.11. The van der Waals surface area contributed by atoms with Crippen LogP contribution in [0.25, 0.3) is 16.8 Å². The van der Waals surface area contributed by atoms with Gasteiger partial charge in [0.15, 0.2) is 5.79 Å². The normalized spacial score (nSPS) is 17.2. The van der Waals surface area contributed by atoms with Gasteiger partial charge in [0.05, 0.1) is 66.2 Å². The number of rotatable bonds is 9. The van der Waals surface area contributed by atoms with Gasteiger partial charge >= 0.3 is 34.5 Å². The van der Waals surface area contributed by atoms with Crippen LogP contribution in [0.3, 0.4) is 0 Å². The van der Waals surface area contributed by atoms with E-state index in [0.717, 1.165) is 29.2 Å². The number of nitrogens with one attached hydrogen (secondary N) is 2. The second-order valence-corrected chi connectivity index (χ2v) is 20.1. The van der Waals surface area contributed by atoms with Gasteiger partial charge in [0.25, 0.3) is 0 Å². The second-order valence-electron chi connectivity index (χ2n) is 12.5. The molecule has 5 aromatic carbocycles. The van der Waals surface area contributed by atoms with Crippen LogP contribution in [0, 0.1) is 0 Å². The van der Waals surface area contributed by atoms with Crippen LogP contribution in [-0.4, -0.2) is 40.3 Å². The van der Waals surface area contributed by atoms with E-state index in [1.54, 1.807) is 6.92 Å². The number of halogens is 2. The molecule has 10 heteroatoms. The van der Waals surface area contributed by atoms with Gasteiger partial charge < -0.3 is 20.2 Å². The maximum absolute atomic E-state index is 7.46. The zero-order valence-corrected chi connectivity index (χ0v) is 33.6. The number of nitrogens with zero attached hydrogens (tertiary/aromatic N) is 1. The standard InChI is InChI=1S/C31H32O2P2.C9H10N3.2ClH.Ru/c1-31(2)32-29(23-34(25-15-7-3-8-16-25)26-17-9-4-10-18-26)30(33-31)24-35(27-19-11-5-12-20-27)28-21-13-6-14-22-28;1-6(10)9-11-7-4-2-3-5-8(7)12-9;;;/h3-22,29-30H,23-24H2,1-2H3;2-6,10H,1H3,(H,11,12);2*1H;/q;-1;;;+2/t29-,30-;6-;;;/m10.../s1. The molecule has 262 valence electrons. The Bertz CT molecular complexity index is 1650. The number of ether oxygens (including phenoxy) is 2. The monoisotopic (exact) mass is 832 g/mol. The number of benzene rings is 5. The fourth-order valence-corrected chi connectivity index (χ4v) is 11.7. The van der Waals surface area contributed by atoms with Crippen molar-refractivity contribution in [1.82, 2.24) is 9.97 Å². The summed E-state index contributed by atoms with van der Waals surface area (Å²) in [5, 5.41) is 5.69. The van der Waals surface area contributed by atoms with E-state index in [2.05, 4.69) is 145 Å². The van der Waals surface area contributed by atoms with Crippen molar-refractivity contribution in [3.8, 4) is 0 Å². The molecule has 1 aromatic heterocycles. The van der Waals surface area contributed by atoms with Crippen LogP contribution in [0.5, 0.6) is 0 Å². The fourth-order valence-electron chi connectivity index (χ4n) is 6.20. The Kier molecular flexibility index (Phi) is 15.0. The molecule has 50 heavy (non-hydrogen) atoms. The summed E-state index contributed by atoms with van der Waals surface area (Å²) in [4.78, 5) is 7.37. The molecule has 2 N–H and O–H groups in total. The van der Waals surface area contributed by atoms with Gasteiger partial charge in [-0.15, -0.1) is 0 Å². The molecule has 7 rings (SSSR count). The summed E-state index contributed by atoms with van der Waals surface area (Å²) in [5.41, 5.74) is 9.40. The first-order valence-electron chi connectivity index (χ1n) is 16.6. The molecule has 6 aromatic rings. The summed E-state index contributed by atoms with van der Waals surface area (Å²) in [7, 11) is 7.66. The van der Waals surface area contributed by atoms with Crippen LogP contribution >= 0.6 is 35.2 Å². The average molecular weight is 833 g/mol. The SMILES string of the molecule is CC1(C)O[C@H](C[PH+](c2ccccc2)c2ccccc2)[C@@H](C[PH+](c2ccccc2)c2ccccc2)O1.C[C@H]([NH-])c1nc2ccccc2[nH]1.[Cl][Ru][Cl]. The molecule has 3 atom stereocenters. The van der Waals surface area contributed by atoms with Gasteiger partial charge in [-0.05, 0) is 74.5 Å². The molecule has 0 aliphatic carbocycles. The first kappa shape index (κ1) is 38.7. The van der Waals surface area contributed by atoms with Gasteiger partial charge in [0.2, 0.25) is 0 Å². The Morgan fingerprint density at radius 3 is 1.34 bits per heavy atom. The first-order chi connectivity index (χ1) is 24.3. The average Bonchev–Trinajstić information content (AvgIpc) is 3.71. The molecule has 1 aliphatic heterocycles. The molecule has 0 radical (unpaired) electrons. The molecule has 0 spiro atoms. The van der Waals surface area contributed by atoms with Gasteiger partial charge in [-0.2, -0.15) is 0 Å². The number of para-hydroxylation sites is 2. The van der Waals surface area contributed by atoms with E-state index in [9.17, 15) is 0 Å². The zero-order valence-electron chi connectivity index (χ0n) is 28.4. The van der Waals surface area contributed by atoms with Crippen LogP contribution < -0.4 is 21.2 Å². The predicted octanol–water partition coefficient (Wildman–Crippen LogP) is 9.29. The van der Waals surface area contributed by atoms with Gasteiger partial charge in [-0.3, -0.25) is 0 Å². The summed E-state index contributed by atoms with van der Waals surface area (Å²) in [6.45, 7) is 5.93. The minimum absolute atomic E-state index is 0.0618. The van der Waals surface area contributed by atoms with Crippen molar-refractivity contribution in [1.29, 1.82) is 0 Å². The van der Waals surface area contributed by atoms with Crippen LogP contribution in [-0.2, 0) is 24.6 Å². The summed E-state index contributed by atoms with van der Waals surface area (Å²) in [6, 6.07) is 51.4. The van der Waals surface area contributed by atoms with Gasteiger partial charge in [0, 0.05) is 0 Å². The van der Waals surface area contributed by atoms with E-state index in [1.165, 1.54) is 21.2 Å². The van der Waals surface area contributed by atoms with E-state index in [-0.39, 0.29) is 33.4 Å². The number of aromatic amines is 1. The number of hydrogen-bond donors (Lipinski definition) is 1. The van der Waals surface area contributed by atoms with E-state index in [4.69, 9.17) is 34.6 Å². The molecule has 0 bridgehead atoms. The third-order valence-corrected chi connectivity index (χ3v) is 14.1. The molecule has 0 saturated carbocycles. The number of hydrogen-bond acceptors (Lipinski definition) is 3. The fraction of sp³-hybridized carbons (Fsp3) is 0.225. The third kappa shape index (κ3) is 11.0. The van der Waals surface area contributed by atoms with Crippen molar-refractivity contribution < 1.29 is 24.6 Å². The molecule has 2 heterocycles. The van der Waals surface area contributed by atoms with E-state index in [1.807, 2.05) is 24.3 Å². The first-order valence-corrected chi connectivity index (χ1v) is 24.5. The molecule has 1 fully saturated rings. The van der Waals surface area contributed by atoms with Gasteiger partial charge in [-0.1, -0.05) is 97.9 Å². The number of fused-ring (bicyclic) bond motifs is 1. The molecule has 5 nitrogen and oxygen atoms in total. The Morgan fingerprint density at radius 2 is 1.00 bits per heavy atom. The molecule has 1 saturated heterocycles. The van der Waals surface area contributed by atoms with Crippen molar-refractivity contribution >= 4 is 67.5 Å². The number of H-pyrrole nitrogens is 1. The predicted molar refractivity (Wildman–Crippen MR) is 215 cm³/mol. The molecular formula is C40H44Cl2N3O2P2Ru+. The van der Waals surface area contributed by atoms with E-state index < -0.39 is 21.6 Å². The molecular weight excluding hydrogens is 788 g/mol. The Balaban J connectivity index is 0.000000269. The van der Waals surface area contributed by atoms with Crippen LogP contribution in [0.2, 0.25) is 0 Å². The number of aromatic nitrogens is 2. The van der Waals surface area contributed by atoms with Crippen molar-refractivity contribution in [2.24, 2.45) is 0 Å². The topological polar surface area (TPSA) is 70.9 Å². The van der Waals surface area contributed by atoms with Crippen molar-refractivity contribution in [2.45, 2.75) is 44.8 Å². The zero-order chi connectivity index (χ0) is 35.3. The van der Waals surface area contributed by atoms with E-state index in [0.29, 0.717) is 0 Å². The number of imidazole rings is 1. The van der Waals surface area contributed by atoms with Crippen LogP contribution in [0.4, 0.5) is 0 Å². The van der Waals surface area contributed by atoms with Crippen LogP contribution in [0.1, 0.15) is 32.6 Å². The Morgan fingerprint density at radius 1 is 0.660 bits per heavy atom. The second kappa shape index (κ2) is 19.4. The molecule has 1 aliphatic rings. The summed E-state index contributed by atoms with van der Waals surface area (Å²) >= 11 is -0.346. The van der Waals surface area contributed by atoms with Gasteiger partial charge in [-0.25, -0.2) is 4.98 Å².